The zero-order chi connectivity index (χ0) is 18.3. The average Bonchev–Trinajstić information content (AvgIpc) is 3.25. The molecular weight excluding hydrogens is 352 g/mol. The Bertz CT molecular complexity index is 1100. The molecule has 2 heterocycles. The first-order valence-corrected chi connectivity index (χ1v) is 10.1. The lowest BCUT2D eigenvalue weighted by atomic mass is 10.1. The number of benzene rings is 2. The lowest BCUT2D eigenvalue weighted by Gasteiger charge is -2.15. The van der Waals surface area contributed by atoms with Crippen molar-refractivity contribution < 1.29 is 12.8 Å². The van der Waals surface area contributed by atoms with E-state index in [1.807, 2.05) is 31.2 Å². The lowest BCUT2D eigenvalue weighted by molar-refractivity contribution is 0.477. The zero-order valence-electron chi connectivity index (χ0n) is 14.5. The first-order valence-electron chi connectivity index (χ1n) is 8.64. The monoisotopic (exact) mass is 372 g/mol. The molecule has 136 valence electrons. The molecule has 26 heavy (non-hydrogen) atoms. The number of sulfonamides is 1. The Balaban J connectivity index is 1.72. The minimum atomic E-state index is -3.54. The van der Waals surface area contributed by atoms with Crippen LogP contribution in [0.25, 0.3) is 11.1 Å². The number of oxazole rings is 1. The van der Waals surface area contributed by atoms with Gasteiger partial charge in [0.1, 0.15) is 0 Å². The fraction of sp³-hybridized carbons (Fsp3) is 0.316. The Kier molecular flexibility index (Phi) is 4.20. The van der Waals surface area contributed by atoms with E-state index in [0.29, 0.717) is 30.7 Å². The summed E-state index contributed by atoms with van der Waals surface area (Å²) in [5.41, 5.74) is 3.02. The van der Waals surface area contributed by atoms with Gasteiger partial charge in [0.05, 0.1) is 17.0 Å². The van der Waals surface area contributed by atoms with Crippen LogP contribution in [0.1, 0.15) is 24.0 Å². The molecule has 0 N–H and O–H groups in total. The van der Waals surface area contributed by atoms with Gasteiger partial charge in [0.15, 0.2) is 5.58 Å². The van der Waals surface area contributed by atoms with E-state index >= 15 is 0 Å². The molecule has 1 aliphatic heterocycles. The SMILES string of the molecule is Cc1ccc(Cn2c(=O)oc3cc(S(=O)(=O)N4CCCC4)ccc32)cc1. The first-order chi connectivity index (χ1) is 12.4. The molecule has 0 amide bonds. The largest absolute Gasteiger partial charge is 0.420 e. The second kappa shape index (κ2) is 6.41. The van der Waals surface area contributed by atoms with Gasteiger partial charge in [0.25, 0.3) is 0 Å². The molecule has 0 unspecified atom stereocenters. The van der Waals surface area contributed by atoms with Gasteiger partial charge >= 0.3 is 5.76 Å². The van der Waals surface area contributed by atoms with Crippen molar-refractivity contribution in [3.05, 3.63) is 64.1 Å². The van der Waals surface area contributed by atoms with Crippen LogP contribution in [0.15, 0.2) is 56.6 Å². The number of rotatable bonds is 4. The summed E-state index contributed by atoms with van der Waals surface area (Å²) in [6, 6.07) is 12.6. The number of aromatic nitrogens is 1. The summed E-state index contributed by atoms with van der Waals surface area (Å²) in [5, 5.41) is 0. The molecule has 1 fully saturated rings. The van der Waals surface area contributed by atoms with E-state index in [1.165, 1.54) is 14.9 Å². The molecule has 1 saturated heterocycles. The molecular formula is C19H20N2O4S. The van der Waals surface area contributed by atoms with Crippen LogP contribution < -0.4 is 5.76 Å². The van der Waals surface area contributed by atoms with Gasteiger partial charge < -0.3 is 4.42 Å². The van der Waals surface area contributed by atoms with Crippen molar-refractivity contribution in [1.29, 1.82) is 0 Å². The summed E-state index contributed by atoms with van der Waals surface area (Å²) in [6.45, 7) is 3.47. The Labute approximate surface area is 151 Å². The fourth-order valence-corrected chi connectivity index (χ4v) is 4.84. The number of hydrogen-bond donors (Lipinski definition) is 0. The van der Waals surface area contributed by atoms with Crippen LogP contribution in [0.5, 0.6) is 0 Å². The average molecular weight is 372 g/mol. The van der Waals surface area contributed by atoms with Crippen LogP contribution in [0, 0.1) is 6.92 Å². The fourth-order valence-electron chi connectivity index (χ4n) is 3.31. The van der Waals surface area contributed by atoms with Gasteiger partial charge in [-0.3, -0.25) is 4.57 Å². The van der Waals surface area contributed by atoms with E-state index in [9.17, 15) is 13.2 Å². The molecule has 3 aromatic rings. The van der Waals surface area contributed by atoms with Crippen LogP contribution >= 0.6 is 0 Å². The van der Waals surface area contributed by atoms with Crippen LogP contribution in [-0.4, -0.2) is 30.4 Å². The minimum Gasteiger partial charge on any atom is -0.408 e. The van der Waals surface area contributed by atoms with Gasteiger partial charge in [0, 0.05) is 19.2 Å². The highest BCUT2D eigenvalue weighted by molar-refractivity contribution is 7.89. The van der Waals surface area contributed by atoms with Gasteiger partial charge in [-0.2, -0.15) is 4.31 Å². The van der Waals surface area contributed by atoms with E-state index in [-0.39, 0.29) is 4.90 Å². The summed E-state index contributed by atoms with van der Waals surface area (Å²) in [4.78, 5) is 12.4. The molecule has 1 aliphatic rings. The zero-order valence-corrected chi connectivity index (χ0v) is 15.3. The summed E-state index contributed by atoms with van der Waals surface area (Å²) < 4.78 is 33.7. The molecule has 0 atom stereocenters. The van der Waals surface area contributed by atoms with Crippen molar-refractivity contribution in [3.63, 3.8) is 0 Å². The molecule has 7 heteroatoms. The second-order valence-electron chi connectivity index (χ2n) is 6.68. The molecule has 4 rings (SSSR count). The van der Waals surface area contributed by atoms with Gasteiger partial charge in [-0.1, -0.05) is 29.8 Å². The Morgan fingerprint density at radius 3 is 2.42 bits per heavy atom. The number of nitrogens with zero attached hydrogens (tertiary/aromatic N) is 2. The normalized spacial score (nSPS) is 15.7. The number of aryl methyl sites for hydroxylation is 1. The summed E-state index contributed by atoms with van der Waals surface area (Å²) in [6.07, 6.45) is 1.76. The van der Waals surface area contributed by atoms with E-state index < -0.39 is 15.8 Å². The van der Waals surface area contributed by atoms with Gasteiger partial charge in [-0.15, -0.1) is 0 Å². The smallest absolute Gasteiger partial charge is 0.408 e. The molecule has 0 radical (unpaired) electrons. The van der Waals surface area contributed by atoms with Crippen molar-refractivity contribution in [2.24, 2.45) is 0 Å². The Morgan fingerprint density at radius 1 is 1.04 bits per heavy atom. The third-order valence-corrected chi connectivity index (χ3v) is 6.70. The predicted molar refractivity (Wildman–Crippen MR) is 98.7 cm³/mol. The first kappa shape index (κ1) is 17.1. The third-order valence-electron chi connectivity index (χ3n) is 4.80. The topological polar surface area (TPSA) is 72.5 Å². The minimum absolute atomic E-state index is 0.170. The van der Waals surface area contributed by atoms with E-state index in [1.54, 1.807) is 12.1 Å². The van der Waals surface area contributed by atoms with Gasteiger partial charge in [-0.05, 0) is 37.5 Å². The van der Waals surface area contributed by atoms with Crippen LogP contribution in [-0.2, 0) is 16.6 Å². The molecule has 0 saturated carbocycles. The predicted octanol–water partition coefficient (Wildman–Crippen LogP) is 2.74. The van der Waals surface area contributed by atoms with Crippen molar-refractivity contribution in [3.8, 4) is 0 Å². The quantitative estimate of drug-likeness (QED) is 0.706. The molecule has 1 aromatic heterocycles. The van der Waals surface area contributed by atoms with Crippen LogP contribution in [0.3, 0.4) is 0 Å². The molecule has 0 bridgehead atoms. The van der Waals surface area contributed by atoms with Crippen molar-refractivity contribution in [1.82, 2.24) is 8.87 Å². The van der Waals surface area contributed by atoms with Crippen molar-refractivity contribution in [2.45, 2.75) is 31.2 Å². The highest BCUT2D eigenvalue weighted by Crippen LogP contribution is 2.24. The Morgan fingerprint density at radius 2 is 1.73 bits per heavy atom. The highest BCUT2D eigenvalue weighted by atomic mass is 32.2. The van der Waals surface area contributed by atoms with Crippen molar-refractivity contribution in [2.75, 3.05) is 13.1 Å². The summed E-state index contributed by atoms with van der Waals surface area (Å²) in [5.74, 6) is -0.490. The maximum absolute atomic E-state index is 12.7. The second-order valence-corrected chi connectivity index (χ2v) is 8.62. The molecule has 6 nitrogen and oxygen atoms in total. The van der Waals surface area contributed by atoms with E-state index in [2.05, 4.69) is 0 Å². The summed E-state index contributed by atoms with van der Waals surface area (Å²) >= 11 is 0. The van der Waals surface area contributed by atoms with Crippen molar-refractivity contribution >= 4 is 21.1 Å². The molecule has 0 aliphatic carbocycles. The Hall–Kier alpha value is -2.38. The van der Waals surface area contributed by atoms with E-state index in [0.717, 1.165) is 24.0 Å². The maximum atomic E-state index is 12.7. The number of hydrogen-bond acceptors (Lipinski definition) is 4. The van der Waals surface area contributed by atoms with Crippen LogP contribution in [0.4, 0.5) is 0 Å². The maximum Gasteiger partial charge on any atom is 0.420 e. The molecule has 2 aromatic carbocycles. The molecule has 0 spiro atoms. The third kappa shape index (κ3) is 2.97. The van der Waals surface area contributed by atoms with Gasteiger partial charge in [-0.25, -0.2) is 13.2 Å². The van der Waals surface area contributed by atoms with Gasteiger partial charge in [0.2, 0.25) is 10.0 Å². The number of fused-ring (bicyclic) bond motifs is 1. The lowest BCUT2D eigenvalue weighted by Crippen LogP contribution is -2.27. The van der Waals surface area contributed by atoms with E-state index in [4.69, 9.17) is 4.42 Å². The summed E-state index contributed by atoms with van der Waals surface area (Å²) in [7, 11) is -3.54. The standard InChI is InChI=1S/C19H20N2O4S/c1-14-4-6-15(7-5-14)13-21-17-9-8-16(12-18(17)25-19(21)22)26(23,24)20-10-2-3-11-20/h4-9,12H,2-3,10-11,13H2,1H3. The highest BCUT2D eigenvalue weighted by Gasteiger charge is 2.28. The van der Waals surface area contributed by atoms with Crippen LogP contribution in [0.2, 0.25) is 0 Å².